The van der Waals surface area contributed by atoms with Crippen LogP contribution in [0.3, 0.4) is 0 Å². The second-order valence-corrected chi connectivity index (χ2v) is 6.31. The van der Waals surface area contributed by atoms with Crippen molar-refractivity contribution in [1.82, 2.24) is 9.97 Å². The van der Waals surface area contributed by atoms with Gasteiger partial charge in [0, 0.05) is 17.0 Å². The number of aromatic nitrogens is 2. The van der Waals surface area contributed by atoms with Crippen LogP contribution in [-0.2, 0) is 0 Å². The van der Waals surface area contributed by atoms with Crippen LogP contribution in [0.25, 0.3) is 22.2 Å². The van der Waals surface area contributed by atoms with Gasteiger partial charge in [0.25, 0.3) is 11.8 Å². The van der Waals surface area contributed by atoms with Crippen LogP contribution in [0.1, 0.15) is 20.8 Å². The molecule has 4 rings (SSSR count). The number of hydrogen-bond donors (Lipinski definition) is 2. The first-order valence-corrected chi connectivity index (χ1v) is 8.75. The molecule has 0 aliphatic carbocycles. The van der Waals surface area contributed by atoms with Gasteiger partial charge in [0.2, 0.25) is 0 Å². The normalized spacial score (nSPS) is 10.7. The van der Waals surface area contributed by atoms with E-state index in [1.165, 1.54) is 24.3 Å². The molecule has 0 unspecified atom stereocenters. The predicted octanol–water partition coefficient (Wildman–Crippen LogP) is 3.79. The molecule has 0 atom stereocenters. The molecular weight excluding hydrogens is 371 g/mol. The maximum Gasteiger partial charge on any atom is 0.267 e. The molecule has 0 fully saturated rings. The molecule has 142 valence electrons. The highest BCUT2D eigenvalue weighted by Gasteiger charge is 2.16. The van der Waals surface area contributed by atoms with Crippen LogP contribution in [0.2, 0.25) is 0 Å². The number of nitrogens with two attached hydrogens (primary N) is 1. The number of primary amides is 1. The summed E-state index contributed by atoms with van der Waals surface area (Å²) in [7, 11) is 0. The maximum absolute atomic E-state index is 13.8. The molecule has 2 amide bonds. The second kappa shape index (κ2) is 7.47. The molecule has 6 nitrogen and oxygen atoms in total. The van der Waals surface area contributed by atoms with E-state index in [2.05, 4.69) is 15.3 Å². The molecule has 29 heavy (non-hydrogen) atoms. The summed E-state index contributed by atoms with van der Waals surface area (Å²) in [5, 5.41) is 3.15. The van der Waals surface area contributed by atoms with Crippen molar-refractivity contribution < 1.29 is 14.0 Å². The van der Waals surface area contributed by atoms with Crippen LogP contribution in [0, 0.1) is 5.82 Å². The highest BCUT2D eigenvalue weighted by Crippen LogP contribution is 2.26. The zero-order chi connectivity index (χ0) is 20.4. The van der Waals surface area contributed by atoms with Gasteiger partial charge in [-0.25, -0.2) is 14.4 Å². The number of nitrogens with one attached hydrogen (secondary N) is 1. The fourth-order valence-corrected chi connectivity index (χ4v) is 2.97. The topological polar surface area (TPSA) is 98.0 Å². The summed E-state index contributed by atoms with van der Waals surface area (Å²) in [6.45, 7) is 0. The van der Waals surface area contributed by atoms with Gasteiger partial charge in [0.15, 0.2) is 0 Å². The molecule has 0 spiro atoms. The smallest absolute Gasteiger partial charge is 0.267 e. The van der Waals surface area contributed by atoms with Crippen molar-refractivity contribution >= 4 is 28.5 Å². The van der Waals surface area contributed by atoms with Crippen LogP contribution < -0.4 is 11.1 Å². The van der Waals surface area contributed by atoms with Crippen molar-refractivity contribution in [3.8, 4) is 11.3 Å². The van der Waals surface area contributed by atoms with E-state index in [0.717, 1.165) is 5.56 Å². The first-order chi connectivity index (χ1) is 14.0. The van der Waals surface area contributed by atoms with Crippen LogP contribution in [0.15, 0.2) is 72.8 Å². The minimum absolute atomic E-state index is 0.0365. The van der Waals surface area contributed by atoms with Gasteiger partial charge >= 0.3 is 0 Å². The van der Waals surface area contributed by atoms with Crippen molar-refractivity contribution in [3.63, 3.8) is 0 Å². The lowest BCUT2D eigenvalue weighted by Crippen LogP contribution is -2.17. The van der Waals surface area contributed by atoms with Crippen molar-refractivity contribution in [2.24, 2.45) is 5.73 Å². The quantitative estimate of drug-likeness (QED) is 0.558. The monoisotopic (exact) mass is 386 g/mol. The summed E-state index contributed by atoms with van der Waals surface area (Å²) in [4.78, 5) is 32.8. The van der Waals surface area contributed by atoms with E-state index in [4.69, 9.17) is 5.73 Å². The zero-order valence-corrected chi connectivity index (χ0v) is 15.1. The summed E-state index contributed by atoms with van der Waals surface area (Å²) in [6, 6.07) is 19.6. The van der Waals surface area contributed by atoms with Crippen molar-refractivity contribution in [1.29, 1.82) is 0 Å². The van der Waals surface area contributed by atoms with Crippen LogP contribution in [-0.4, -0.2) is 21.8 Å². The Morgan fingerprint density at radius 1 is 0.897 bits per heavy atom. The standard InChI is InChI=1S/C22H15FN4O2/c23-14-9-10-15-16(22(29)27-20-8-4-7-17(26-20)21(24)28)12-18(25-19(15)11-14)13-5-2-1-3-6-13/h1-12H,(H2,24,28)(H,26,27,29). The Labute approximate surface area is 165 Å². The molecule has 0 radical (unpaired) electrons. The molecule has 2 heterocycles. The van der Waals surface area contributed by atoms with Crippen molar-refractivity contribution in [2.45, 2.75) is 0 Å². The number of nitrogens with zero attached hydrogens (tertiary/aromatic N) is 2. The number of amides is 2. The van der Waals surface area contributed by atoms with Gasteiger partial charge in [0.1, 0.15) is 17.3 Å². The van der Waals surface area contributed by atoms with E-state index in [1.807, 2.05) is 30.3 Å². The highest BCUT2D eigenvalue weighted by molar-refractivity contribution is 6.13. The fraction of sp³-hybridized carbons (Fsp3) is 0. The Morgan fingerprint density at radius 2 is 1.69 bits per heavy atom. The predicted molar refractivity (Wildman–Crippen MR) is 108 cm³/mol. The third kappa shape index (κ3) is 3.79. The Kier molecular flexibility index (Phi) is 4.70. The molecule has 0 saturated heterocycles. The Hall–Kier alpha value is -4.13. The molecular formula is C22H15FN4O2. The minimum Gasteiger partial charge on any atom is -0.364 e. The van der Waals surface area contributed by atoms with E-state index in [-0.39, 0.29) is 11.5 Å². The Balaban J connectivity index is 1.80. The summed E-state index contributed by atoms with van der Waals surface area (Å²) in [6.07, 6.45) is 0. The van der Waals surface area contributed by atoms with E-state index in [9.17, 15) is 14.0 Å². The molecule has 2 aromatic heterocycles. The lowest BCUT2D eigenvalue weighted by molar-refractivity contribution is 0.0991. The molecule has 0 saturated carbocycles. The maximum atomic E-state index is 13.8. The first-order valence-electron chi connectivity index (χ1n) is 8.75. The third-order valence-electron chi connectivity index (χ3n) is 4.33. The summed E-state index contributed by atoms with van der Waals surface area (Å²) >= 11 is 0. The molecule has 4 aromatic rings. The number of hydrogen-bond acceptors (Lipinski definition) is 4. The third-order valence-corrected chi connectivity index (χ3v) is 4.33. The minimum atomic E-state index is -0.697. The van der Waals surface area contributed by atoms with Gasteiger partial charge in [0.05, 0.1) is 16.8 Å². The molecule has 0 aliphatic rings. The number of anilines is 1. The SMILES string of the molecule is NC(=O)c1cccc(NC(=O)c2cc(-c3ccccc3)nc3cc(F)ccc23)n1. The van der Waals surface area contributed by atoms with Gasteiger partial charge in [-0.1, -0.05) is 36.4 Å². The number of benzene rings is 2. The van der Waals surface area contributed by atoms with E-state index < -0.39 is 17.6 Å². The number of rotatable bonds is 4. The van der Waals surface area contributed by atoms with Gasteiger partial charge in [-0.05, 0) is 30.3 Å². The largest absolute Gasteiger partial charge is 0.364 e. The average Bonchev–Trinajstić information content (AvgIpc) is 2.73. The highest BCUT2D eigenvalue weighted by atomic mass is 19.1. The molecule has 2 aromatic carbocycles. The Morgan fingerprint density at radius 3 is 2.45 bits per heavy atom. The van der Waals surface area contributed by atoms with Gasteiger partial charge in [-0.3, -0.25) is 9.59 Å². The van der Waals surface area contributed by atoms with Gasteiger partial charge < -0.3 is 11.1 Å². The fourth-order valence-electron chi connectivity index (χ4n) is 2.97. The van der Waals surface area contributed by atoms with Crippen LogP contribution >= 0.6 is 0 Å². The van der Waals surface area contributed by atoms with E-state index >= 15 is 0 Å². The van der Waals surface area contributed by atoms with E-state index in [1.54, 1.807) is 18.2 Å². The summed E-state index contributed by atoms with van der Waals surface area (Å²) in [5.74, 6) is -1.43. The summed E-state index contributed by atoms with van der Waals surface area (Å²) in [5.41, 5.74) is 7.27. The lowest BCUT2D eigenvalue weighted by Gasteiger charge is -2.11. The second-order valence-electron chi connectivity index (χ2n) is 6.31. The lowest BCUT2D eigenvalue weighted by atomic mass is 10.0. The number of halogens is 1. The Bertz CT molecular complexity index is 1240. The zero-order valence-electron chi connectivity index (χ0n) is 15.1. The van der Waals surface area contributed by atoms with Crippen LogP contribution in [0.4, 0.5) is 10.2 Å². The van der Waals surface area contributed by atoms with E-state index in [0.29, 0.717) is 22.2 Å². The van der Waals surface area contributed by atoms with Crippen LogP contribution in [0.5, 0.6) is 0 Å². The summed E-state index contributed by atoms with van der Waals surface area (Å²) < 4.78 is 13.8. The number of pyridine rings is 2. The average molecular weight is 386 g/mol. The van der Waals surface area contributed by atoms with Gasteiger partial charge in [-0.15, -0.1) is 0 Å². The molecule has 0 aliphatic heterocycles. The van der Waals surface area contributed by atoms with Crippen molar-refractivity contribution in [2.75, 3.05) is 5.32 Å². The first kappa shape index (κ1) is 18.2. The van der Waals surface area contributed by atoms with Gasteiger partial charge in [-0.2, -0.15) is 0 Å². The number of carbonyl (C=O) groups is 2. The molecule has 3 N–H and O–H groups in total. The number of fused-ring (bicyclic) bond motifs is 1. The van der Waals surface area contributed by atoms with Crippen molar-refractivity contribution in [3.05, 3.63) is 89.9 Å². The molecule has 7 heteroatoms. The number of carbonyl (C=O) groups excluding carboxylic acids is 2. The molecule has 0 bridgehead atoms.